The highest BCUT2D eigenvalue weighted by Gasteiger charge is 2.29. The molecule has 0 N–H and O–H groups in total. The molecule has 0 amide bonds. The maximum absolute atomic E-state index is 12.3. The van der Waals surface area contributed by atoms with E-state index < -0.39 is 0 Å². The summed E-state index contributed by atoms with van der Waals surface area (Å²) < 4.78 is 0. The molecular weight excluding hydrogens is 358 g/mol. The molecule has 0 bridgehead atoms. The lowest BCUT2D eigenvalue weighted by Crippen LogP contribution is -1.95. The second-order valence-electron chi connectivity index (χ2n) is 7.38. The van der Waals surface area contributed by atoms with Crippen LogP contribution in [0.15, 0.2) is 91.0 Å². The Hall–Kier alpha value is -3.98. The van der Waals surface area contributed by atoms with E-state index in [4.69, 9.17) is 0 Å². The van der Waals surface area contributed by atoms with Crippen molar-refractivity contribution >= 4 is 27.2 Å². The van der Waals surface area contributed by atoms with E-state index in [-0.39, 0.29) is 10.6 Å². The summed E-state index contributed by atoms with van der Waals surface area (Å²) in [5.41, 5.74) is 6.15. The summed E-state index contributed by atoms with van der Waals surface area (Å²) in [5.74, 6) is 0. The van der Waals surface area contributed by atoms with Crippen molar-refractivity contribution in [1.29, 1.82) is 0 Å². The lowest BCUT2D eigenvalue weighted by molar-refractivity contribution is -0.382. The van der Waals surface area contributed by atoms with Crippen LogP contribution >= 0.6 is 0 Å². The SMILES string of the molecule is O=[N+]([O-])c1c(-c2cccc3ccccc23)cc2c3c(cccc13)-c1ccccc1-2. The highest BCUT2D eigenvalue weighted by Crippen LogP contribution is 2.52. The number of benzene rings is 5. The van der Waals surface area contributed by atoms with E-state index in [1.807, 2.05) is 72.8 Å². The lowest BCUT2D eigenvalue weighted by Gasteiger charge is -2.12. The molecule has 6 rings (SSSR count). The van der Waals surface area contributed by atoms with E-state index in [9.17, 15) is 10.1 Å². The summed E-state index contributed by atoms with van der Waals surface area (Å²) in [4.78, 5) is 12.0. The van der Waals surface area contributed by atoms with Gasteiger partial charge in [-0.1, -0.05) is 78.9 Å². The van der Waals surface area contributed by atoms with E-state index in [1.54, 1.807) is 0 Å². The summed E-state index contributed by atoms with van der Waals surface area (Å²) in [6, 6.07) is 30.1. The van der Waals surface area contributed by atoms with Gasteiger partial charge in [0.25, 0.3) is 5.69 Å². The molecule has 5 aromatic carbocycles. The van der Waals surface area contributed by atoms with E-state index in [1.165, 1.54) is 0 Å². The molecule has 0 fully saturated rings. The van der Waals surface area contributed by atoms with Crippen LogP contribution in [-0.4, -0.2) is 4.92 Å². The van der Waals surface area contributed by atoms with Crippen molar-refractivity contribution in [1.82, 2.24) is 0 Å². The van der Waals surface area contributed by atoms with Gasteiger partial charge < -0.3 is 0 Å². The fourth-order valence-electron chi connectivity index (χ4n) is 4.72. The van der Waals surface area contributed by atoms with E-state index in [2.05, 4.69) is 18.2 Å². The third-order valence-corrected chi connectivity index (χ3v) is 5.90. The van der Waals surface area contributed by atoms with Gasteiger partial charge in [0.15, 0.2) is 0 Å². The Morgan fingerprint density at radius 1 is 0.552 bits per heavy atom. The fraction of sp³-hybridized carbons (Fsp3) is 0. The van der Waals surface area contributed by atoms with E-state index in [0.29, 0.717) is 10.9 Å². The standard InChI is InChI=1S/C26H15NO2/c28-27(29)26-22-14-6-13-21-19-10-3-4-11-20(19)23(25(21)22)15-24(26)18-12-5-8-16-7-1-2-9-17(16)18/h1-15H. The van der Waals surface area contributed by atoms with Crippen molar-refractivity contribution in [2.24, 2.45) is 0 Å². The van der Waals surface area contributed by atoms with Crippen LogP contribution in [0.25, 0.3) is 54.9 Å². The Bertz CT molecular complexity index is 1480. The smallest absolute Gasteiger partial charge is 0.258 e. The lowest BCUT2D eigenvalue weighted by atomic mass is 9.91. The third kappa shape index (κ3) is 2.13. The highest BCUT2D eigenvalue weighted by molar-refractivity contribution is 6.20. The molecule has 3 heteroatoms. The molecule has 1 aliphatic rings. The summed E-state index contributed by atoms with van der Waals surface area (Å²) in [7, 11) is 0. The monoisotopic (exact) mass is 373 g/mol. The van der Waals surface area contributed by atoms with Gasteiger partial charge in [0.1, 0.15) is 0 Å². The predicted octanol–water partition coefficient (Wildman–Crippen LogP) is 7.22. The van der Waals surface area contributed by atoms with Crippen molar-refractivity contribution in [2.75, 3.05) is 0 Å². The number of hydrogen-bond donors (Lipinski definition) is 0. The van der Waals surface area contributed by atoms with Crippen LogP contribution in [-0.2, 0) is 0 Å². The molecule has 0 saturated carbocycles. The summed E-state index contributed by atoms with van der Waals surface area (Å²) in [6.45, 7) is 0. The second kappa shape index (κ2) is 5.76. The number of nitro benzene ring substituents is 1. The number of rotatable bonds is 2. The van der Waals surface area contributed by atoms with Crippen LogP contribution in [0.1, 0.15) is 0 Å². The highest BCUT2D eigenvalue weighted by atomic mass is 16.6. The molecule has 0 radical (unpaired) electrons. The number of fused-ring (bicyclic) bond motifs is 4. The van der Waals surface area contributed by atoms with Crippen molar-refractivity contribution < 1.29 is 4.92 Å². The predicted molar refractivity (Wildman–Crippen MR) is 118 cm³/mol. The summed E-state index contributed by atoms with van der Waals surface area (Å²) >= 11 is 0. The van der Waals surface area contributed by atoms with Gasteiger partial charge >= 0.3 is 0 Å². The first-order chi connectivity index (χ1) is 14.2. The van der Waals surface area contributed by atoms with Gasteiger partial charge in [-0.25, -0.2) is 0 Å². The molecular formula is C26H15NO2. The zero-order chi connectivity index (χ0) is 19.5. The maximum atomic E-state index is 12.3. The van der Waals surface area contributed by atoms with E-state index in [0.717, 1.165) is 44.0 Å². The molecule has 0 saturated heterocycles. The molecule has 0 aromatic heterocycles. The fourth-order valence-corrected chi connectivity index (χ4v) is 4.72. The molecule has 0 heterocycles. The zero-order valence-electron chi connectivity index (χ0n) is 15.4. The minimum Gasteiger partial charge on any atom is -0.258 e. The van der Waals surface area contributed by atoms with Crippen molar-refractivity contribution in [3.05, 3.63) is 101 Å². The number of nitrogens with zero attached hydrogens (tertiary/aromatic N) is 1. The molecule has 5 aromatic rings. The van der Waals surface area contributed by atoms with Gasteiger partial charge in [0, 0.05) is 5.39 Å². The van der Waals surface area contributed by atoms with Gasteiger partial charge in [-0.15, -0.1) is 0 Å². The average molecular weight is 373 g/mol. The van der Waals surface area contributed by atoms with Crippen molar-refractivity contribution in [3.63, 3.8) is 0 Å². The van der Waals surface area contributed by atoms with Crippen molar-refractivity contribution in [2.45, 2.75) is 0 Å². The first-order valence-electron chi connectivity index (χ1n) is 9.56. The molecule has 136 valence electrons. The normalized spacial score (nSPS) is 11.7. The van der Waals surface area contributed by atoms with Gasteiger partial charge in [-0.3, -0.25) is 10.1 Å². The molecule has 0 aliphatic heterocycles. The molecule has 0 unspecified atom stereocenters. The van der Waals surface area contributed by atoms with Crippen LogP contribution < -0.4 is 0 Å². The Balaban J connectivity index is 1.82. The van der Waals surface area contributed by atoms with Crippen LogP contribution in [0, 0.1) is 10.1 Å². The first kappa shape index (κ1) is 16.0. The van der Waals surface area contributed by atoms with Gasteiger partial charge in [-0.05, 0) is 50.7 Å². The quantitative estimate of drug-likeness (QED) is 0.238. The van der Waals surface area contributed by atoms with E-state index >= 15 is 0 Å². The largest absolute Gasteiger partial charge is 0.285 e. The van der Waals surface area contributed by atoms with Crippen LogP contribution in [0.3, 0.4) is 0 Å². The Kier molecular flexibility index (Phi) is 3.18. The van der Waals surface area contributed by atoms with Gasteiger partial charge in [0.2, 0.25) is 0 Å². The van der Waals surface area contributed by atoms with Crippen LogP contribution in [0.4, 0.5) is 5.69 Å². The average Bonchev–Trinajstić information content (AvgIpc) is 3.08. The number of nitro groups is 1. The third-order valence-electron chi connectivity index (χ3n) is 5.90. The first-order valence-corrected chi connectivity index (χ1v) is 9.56. The summed E-state index contributed by atoms with van der Waals surface area (Å²) in [6.07, 6.45) is 0. The van der Waals surface area contributed by atoms with Crippen LogP contribution in [0.2, 0.25) is 0 Å². The van der Waals surface area contributed by atoms with Crippen molar-refractivity contribution in [3.8, 4) is 33.4 Å². The molecule has 1 aliphatic carbocycles. The Morgan fingerprint density at radius 3 is 1.97 bits per heavy atom. The number of hydrogen-bond acceptors (Lipinski definition) is 2. The Morgan fingerprint density at radius 2 is 1.14 bits per heavy atom. The molecule has 0 atom stereocenters. The summed E-state index contributed by atoms with van der Waals surface area (Å²) in [5, 5.41) is 16.0. The zero-order valence-corrected chi connectivity index (χ0v) is 15.4. The van der Waals surface area contributed by atoms with Crippen LogP contribution in [0.5, 0.6) is 0 Å². The second-order valence-corrected chi connectivity index (χ2v) is 7.38. The minimum atomic E-state index is -0.233. The maximum Gasteiger partial charge on any atom is 0.285 e. The molecule has 0 spiro atoms. The minimum absolute atomic E-state index is 0.176. The van der Waals surface area contributed by atoms with Gasteiger partial charge in [-0.2, -0.15) is 0 Å². The topological polar surface area (TPSA) is 43.1 Å². The molecule has 3 nitrogen and oxygen atoms in total. The van der Waals surface area contributed by atoms with Gasteiger partial charge in [0.05, 0.1) is 15.9 Å². The molecule has 29 heavy (non-hydrogen) atoms. The Labute approximate surface area is 167 Å².